The van der Waals surface area contributed by atoms with Gasteiger partial charge in [-0.3, -0.25) is 4.79 Å². The van der Waals surface area contributed by atoms with Gasteiger partial charge in [-0.25, -0.2) is 9.38 Å². The molecule has 1 aromatic rings. The molecule has 1 aromatic carbocycles. The highest BCUT2D eigenvalue weighted by molar-refractivity contribution is 14.0. The van der Waals surface area contributed by atoms with Crippen molar-refractivity contribution in [1.82, 2.24) is 16.0 Å². The molecule has 8 heteroatoms. The van der Waals surface area contributed by atoms with E-state index < -0.39 is 0 Å². The zero-order valence-electron chi connectivity index (χ0n) is 14.3. The number of carbonyl (C=O) groups excluding carboxylic acids is 1. The SMILES string of the molecule is CCNC(=NCc1ccc(C)c(F)c1)NCC(=O)NCCOC.I. The van der Waals surface area contributed by atoms with Crippen LogP contribution in [0.15, 0.2) is 23.2 Å². The number of benzene rings is 1. The van der Waals surface area contributed by atoms with Gasteiger partial charge < -0.3 is 20.7 Å². The number of methoxy groups -OCH3 is 1. The lowest BCUT2D eigenvalue weighted by Gasteiger charge is -2.11. The molecule has 0 saturated carbocycles. The minimum atomic E-state index is -0.242. The maximum absolute atomic E-state index is 13.5. The van der Waals surface area contributed by atoms with Crippen molar-refractivity contribution in [3.05, 3.63) is 35.1 Å². The molecule has 0 unspecified atom stereocenters. The number of hydrogen-bond acceptors (Lipinski definition) is 3. The Hall–Kier alpha value is -1.42. The van der Waals surface area contributed by atoms with Crippen molar-refractivity contribution < 1.29 is 13.9 Å². The molecular weight excluding hydrogens is 426 g/mol. The van der Waals surface area contributed by atoms with Crippen LogP contribution in [0.5, 0.6) is 0 Å². The summed E-state index contributed by atoms with van der Waals surface area (Å²) in [5, 5.41) is 8.69. The van der Waals surface area contributed by atoms with E-state index in [0.717, 1.165) is 5.56 Å². The summed E-state index contributed by atoms with van der Waals surface area (Å²) in [6, 6.07) is 5.03. The Bertz CT molecular complexity index is 541. The van der Waals surface area contributed by atoms with Crippen molar-refractivity contribution in [3.8, 4) is 0 Å². The second-order valence-electron chi connectivity index (χ2n) is 4.98. The lowest BCUT2D eigenvalue weighted by atomic mass is 10.1. The summed E-state index contributed by atoms with van der Waals surface area (Å²) >= 11 is 0. The first kappa shape index (κ1) is 22.6. The normalized spacial score (nSPS) is 10.8. The molecule has 3 N–H and O–H groups in total. The van der Waals surface area contributed by atoms with Crippen LogP contribution in [0.3, 0.4) is 0 Å². The van der Waals surface area contributed by atoms with Crippen molar-refractivity contribution in [2.45, 2.75) is 20.4 Å². The predicted molar refractivity (Wildman–Crippen MR) is 104 cm³/mol. The molecule has 0 atom stereocenters. The average molecular weight is 452 g/mol. The number of amides is 1. The van der Waals surface area contributed by atoms with Crippen molar-refractivity contribution >= 4 is 35.8 Å². The van der Waals surface area contributed by atoms with E-state index in [4.69, 9.17) is 4.74 Å². The molecule has 0 aliphatic heterocycles. The Morgan fingerprint density at radius 2 is 2.04 bits per heavy atom. The van der Waals surface area contributed by atoms with E-state index in [1.54, 1.807) is 20.1 Å². The summed E-state index contributed by atoms with van der Waals surface area (Å²) in [5.41, 5.74) is 1.38. The fourth-order valence-corrected chi connectivity index (χ4v) is 1.77. The van der Waals surface area contributed by atoms with E-state index >= 15 is 0 Å². The lowest BCUT2D eigenvalue weighted by molar-refractivity contribution is -0.120. The number of carbonyl (C=O) groups is 1. The Balaban J connectivity index is 0.00000529. The summed E-state index contributed by atoms with van der Waals surface area (Å²) in [6.45, 7) is 5.69. The number of rotatable bonds is 8. The summed E-state index contributed by atoms with van der Waals surface area (Å²) in [6.07, 6.45) is 0. The van der Waals surface area contributed by atoms with Crippen molar-refractivity contribution in [1.29, 1.82) is 0 Å². The number of nitrogens with one attached hydrogen (secondary N) is 3. The number of halogens is 2. The van der Waals surface area contributed by atoms with Crippen LogP contribution < -0.4 is 16.0 Å². The molecule has 0 aromatic heterocycles. The number of aliphatic imine (C=N–C) groups is 1. The molecule has 0 radical (unpaired) electrons. The molecule has 0 fully saturated rings. The minimum absolute atomic E-state index is 0. The maximum Gasteiger partial charge on any atom is 0.239 e. The largest absolute Gasteiger partial charge is 0.383 e. The van der Waals surface area contributed by atoms with Crippen LogP contribution in [0.4, 0.5) is 4.39 Å². The Morgan fingerprint density at radius 3 is 2.67 bits per heavy atom. The molecule has 0 saturated heterocycles. The van der Waals surface area contributed by atoms with Crippen LogP contribution >= 0.6 is 24.0 Å². The summed E-state index contributed by atoms with van der Waals surface area (Å²) < 4.78 is 18.4. The molecule has 0 bridgehead atoms. The van der Waals surface area contributed by atoms with Gasteiger partial charge in [-0.15, -0.1) is 24.0 Å². The molecule has 0 heterocycles. The number of nitrogens with zero attached hydrogens (tertiary/aromatic N) is 1. The molecule has 24 heavy (non-hydrogen) atoms. The predicted octanol–water partition coefficient (Wildman–Crippen LogP) is 1.57. The zero-order chi connectivity index (χ0) is 17.1. The topological polar surface area (TPSA) is 74.8 Å². The van der Waals surface area contributed by atoms with Crippen LogP contribution in [0, 0.1) is 12.7 Å². The summed E-state index contributed by atoms with van der Waals surface area (Å²) in [5.74, 6) is 0.123. The highest BCUT2D eigenvalue weighted by atomic mass is 127. The van der Waals surface area contributed by atoms with E-state index in [2.05, 4.69) is 20.9 Å². The number of ether oxygens (including phenoxy) is 1. The Morgan fingerprint density at radius 1 is 1.29 bits per heavy atom. The van der Waals surface area contributed by atoms with Crippen molar-refractivity contribution in [2.75, 3.05) is 33.4 Å². The van der Waals surface area contributed by atoms with Gasteiger partial charge in [-0.2, -0.15) is 0 Å². The van der Waals surface area contributed by atoms with E-state index in [0.29, 0.717) is 37.8 Å². The second kappa shape index (κ2) is 12.9. The van der Waals surface area contributed by atoms with Crippen LogP contribution in [-0.2, 0) is 16.1 Å². The fourth-order valence-electron chi connectivity index (χ4n) is 1.77. The van der Waals surface area contributed by atoms with Crippen molar-refractivity contribution in [2.24, 2.45) is 4.99 Å². The standard InChI is InChI=1S/C16H25FN4O2.HI/c1-4-18-16(21-11-15(22)19-7-8-23-3)20-10-13-6-5-12(2)14(17)9-13;/h5-6,9H,4,7-8,10-11H2,1-3H3,(H,19,22)(H2,18,20,21);1H. The van der Waals surface area contributed by atoms with E-state index in [1.807, 2.05) is 13.0 Å². The van der Waals surface area contributed by atoms with Gasteiger partial charge in [0.15, 0.2) is 5.96 Å². The molecule has 6 nitrogen and oxygen atoms in total. The number of hydrogen-bond donors (Lipinski definition) is 3. The summed E-state index contributed by atoms with van der Waals surface area (Å²) in [4.78, 5) is 16.0. The number of aryl methyl sites for hydroxylation is 1. The van der Waals surface area contributed by atoms with Gasteiger partial charge in [0.1, 0.15) is 5.82 Å². The second-order valence-corrected chi connectivity index (χ2v) is 4.98. The molecule has 0 aliphatic carbocycles. The molecule has 1 amide bonds. The Kier molecular flexibility index (Phi) is 12.2. The van der Waals surface area contributed by atoms with Gasteiger partial charge in [0, 0.05) is 20.2 Å². The monoisotopic (exact) mass is 452 g/mol. The van der Waals surface area contributed by atoms with E-state index in [1.165, 1.54) is 6.07 Å². The van der Waals surface area contributed by atoms with Gasteiger partial charge in [0.2, 0.25) is 5.91 Å². The van der Waals surface area contributed by atoms with Gasteiger partial charge in [-0.1, -0.05) is 12.1 Å². The first-order valence-corrected chi connectivity index (χ1v) is 7.59. The highest BCUT2D eigenvalue weighted by Gasteiger charge is 2.04. The molecule has 1 rings (SSSR count). The lowest BCUT2D eigenvalue weighted by Crippen LogP contribution is -2.43. The van der Waals surface area contributed by atoms with Crippen LogP contribution in [-0.4, -0.2) is 45.2 Å². The molecule has 0 spiro atoms. The smallest absolute Gasteiger partial charge is 0.239 e. The summed E-state index contributed by atoms with van der Waals surface area (Å²) in [7, 11) is 1.58. The number of guanidine groups is 1. The first-order valence-electron chi connectivity index (χ1n) is 7.59. The third kappa shape index (κ3) is 9.02. The van der Waals surface area contributed by atoms with Gasteiger partial charge in [-0.05, 0) is 31.0 Å². The quantitative estimate of drug-likeness (QED) is 0.242. The highest BCUT2D eigenvalue weighted by Crippen LogP contribution is 2.09. The van der Waals surface area contributed by atoms with E-state index in [-0.39, 0.29) is 42.2 Å². The van der Waals surface area contributed by atoms with Crippen molar-refractivity contribution in [3.63, 3.8) is 0 Å². The first-order chi connectivity index (χ1) is 11.1. The fraction of sp³-hybridized carbons (Fsp3) is 0.500. The third-order valence-corrected chi connectivity index (χ3v) is 3.04. The van der Waals surface area contributed by atoms with Gasteiger partial charge >= 0.3 is 0 Å². The minimum Gasteiger partial charge on any atom is -0.383 e. The van der Waals surface area contributed by atoms with E-state index in [9.17, 15) is 9.18 Å². The van der Waals surface area contributed by atoms with Gasteiger partial charge in [0.05, 0.1) is 19.7 Å². The Labute approximate surface area is 159 Å². The zero-order valence-corrected chi connectivity index (χ0v) is 16.6. The van der Waals surface area contributed by atoms with Crippen LogP contribution in [0.2, 0.25) is 0 Å². The van der Waals surface area contributed by atoms with Crippen LogP contribution in [0.1, 0.15) is 18.1 Å². The maximum atomic E-state index is 13.5. The molecule has 0 aliphatic rings. The average Bonchev–Trinajstić information content (AvgIpc) is 2.53. The molecule has 136 valence electrons. The molecular formula is C16H26FIN4O2. The third-order valence-electron chi connectivity index (χ3n) is 3.04. The van der Waals surface area contributed by atoms with Gasteiger partial charge in [0.25, 0.3) is 0 Å². The van der Waals surface area contributed by atoms with Crippen LogP contribution in [0.25, 0.3) is 0 Å².